The van der Waals surface area contributed by atoms with Gasteiger partial charge in [0.1, 0.15) is 11.1 Å². The number of rotatable bonds is 4. The van der Waals surface area contributed by atoms with E-state index in [1.54, 1.807) is 12.1 Å². The van der Waals surface area contributed by atoms with Gasteiger partial charge in [-0.1, -0.05) is 51.8 Å². The molecule has 2 aromatic carbocycles. The summed E-state index contributed by atoms with van der Waals surface area (Å²) in [4.78, 5) is 16.8. The zero-order valence-corrected chi connectivity index (χ0v) is 15.9. The van der Waals surface area contributed by atoms with Crippen molar-refractivity contribution in [1.82, 2.24) is 4.98 Å². The Labute approximate surface area is 161 Å². The summed E-state index contributed by atoms with van der Waals surface area (Å²) in [6.07, 6.45) is -0.439. The van der Waals surface area contributed by atoms with E-state index in [0.717, 1.165) is 21.3 Å². The minimum absolute atomic E-state index is 0.439. The van der Waals surface area contributed by atoms with Gasteiger partial charge in [-0.3, -0.25) is 4.79 Å². The highest BCUT2D eigenvalue weighted by Crippen LogP contribution is 2.57. The van der Waals surface area contributed by atoms with E-state index in [-0.39, 0.29) is 0 Å². The van der Waals surface area contributed by atoms with Crippen LogP contribution in [0, 0.1) is 0 Å². The Morgan fingerprint density at radius 1 is 1.20 bits per heavy atom. The number of amides is 1. The van der Waals surface area contributed by atoms with Gasteiger partial charge in [-0.05, 0) is 29.8 Å². The second kappa shape index (κ2) is 6.21. The lowest BCUT2D eigenvalue weighted by molar-refractivity contribution is -0.123. The predicted molar refractivity (Wildman–Crippen MR) is 101 cm³/mol. The fourth-order valence-corrected chi connectivity index (χ4v) is 4.13. The molecule has 0 spiro atoms. The van der Waals surface area contributed by atoms with Gasteiger partial charge >= 0.3 is 0 Å². The number of carbonyl (C=O) groups is 1. The van der Waals surface area contributed by atoms with E-state index in [2.05, 4.69) is 20.9 Å². The lowest BCUT2D eigenvalue weighted by Gasteiger charge is -2.05. The predicted octanol–water partition coefficient (Wildman–Crippen LogP) is 4.68. The second-order valence-electron chi connectivity index (χ2n) is 5.69. The van der Waals surface area contributed by atoms with Crippen molar-refractivity contribution in [1.29, 1.82) is 0 Å². The molecule has 4 rings (SSSR count). The Hall–Kier alpha value is -1.73. The highest BCUT2D eigenvalue weighted by atomic mass is 79.9. The van der Waals surface area contributed by atoms with Gasteiger partial charge in [0.25, 0.3) is 5.91 Å². The Kier molecular flexibility index (Phi) is 4.16. The van der Waals surface area contributed by atoms with Crippen LogP contribution in [0.15, 0.2) is 58.4 Å². The maximum atomic E-state index is 12.2. The van der Waals surface area contributed by atoms with Crippen LogP contribution < -0.4 is 5.73 Å². The van der Waals surface area contributed by atoms with Crippen LogP contribution in [0.3, 0.4) is 0 Å². The molecular weight excluding hydrogens is 424 g/mol. The first-order valence-corrected chi connectivity index (χ1v) is 9.51. The lowest BCUT2D eigenvalue weighted by Crippen LogP contribution is -2.30. The highest BCUT2D eigenvalue weighted by Gasteiger charge is 2.65. The smallest absolute Gasteiger partial charge is 0.260 e. The Balaban J connectivity index is 1.68. The van der Waals surface area contributed by atoms with Crippen molar-refractivity contribution in [3.63, 3.8) is 0 Å². The van der Waals surface area contributed by atoms with Crippen molar-refractivity contribution < 1.29 is 9.53 Å². The Morgan fingerprint density at radius 3 is 2.52 bits per heavy atom. The van der Waals surface area contributed by atoms with Crippen LogP contribution in [-0.2, 0) is 15.1 Å². The van der Waals surface area contributed by atoms with Gasteiger partial charge in [0, 0.05) is 20.4 Å². The van der Waals surface area contributed by atoms with Crippen molar-refractivity contribution in [3.05, 3.63) is 74.0 Å². The molecular formula is C18H12BrClN2O2S. The number of ether oxygens (including phenoxy) is 1. The van der Waals surface area contributed by atoms with Crippen LogP contribution in [-0.4, -0.2) is 10.9 Å². The quantitative estimate of drug-likeness (QED) is 0.605. The van der Waals surface area contributed by atoms with E-state index < -0.39 is 17.6 Å². The molecule has 0 unspecified atom stereocenters. The normalized spacial score (nSPS) is 21.9. The third-order valence-electron chi connectivity index (χ3n) is 4.12. The maximum absolute atomic E-state index is 12.2. The summed E-state index contributed by atoms with van der Waals surface area (Å²) in [5, 5.41) is 3.10. The first-order valence-electron chi connectivity index (χ1n) is 7.46. The molecule has 4 nitrogen and oxygen atoms in total. The van der Waals surface area contributed by atoms with E-state index >= 15 is 0 Å². The average Bonchev–Trinajstić information content (AvgIpc) is 3.17. The zero-order valence-electron chi connectivity index (χ0n) is 12.8. The molecule has 0 saturated carbocycles. The van der Waals surface area contributed by atoms with Crippen LogP contribution in [0.4, 0.5) is 0 Å². The molecule has 0 aliphatic carbocycles. The van der Waals surface area contributed by atoms with Crippen molar-refractivity contribution in [2.45, 2.75) is 11.7 Å². The molecule has 1 aliphatic rings. The maximum Gasteiger partial charge on any atom is 0.260 e. The van der Waals surface area contributed by atoms with Gasteiger partial charge in [0.2, 0.25) is 5.60 Å². The zero-order chi connectivity index (χ0) is 17.6. The van der Waals surface area contributed by atoms with Crippen LogP contribution in [0.25, 0.3) is 11.3 Å². The van der Waals surface area contributed by atoms with E-state index in [4.69, 9.17) is 22.1 Å². The molecule has 0 bridgehead atoms. The molecule has 1 aliphatic heterocycles. The number of carbonyl (C=O) groups excluding carboxylic acids is 1. The number of aromatic nitrogens is 1. The summed E-state index contributed by atoms with van der Waals surface area (Å²) in [5.41, 5.74) is 7.07. The standard InChI is InChI=1S/C18H12BrClN2O2S/c19-12-5-1-10(2-6-12)14-9-25-17(22-14)18(16(21)23)15(24-18)11-3-7-13(20)8-4-11/h1-9,15H,(H2,21,23)/t15-,18-/m1/s1. The Bertz CT molecular complexity index is 942. The summed E-state index contributed by atoms with van der Waals surface area (Å²) in [5.74, 6) is -0.538. The molecule has 2 atom stereocenters. The number of thiazole rings is 1. The molecule has 1 fully saturated rings. The third kappa shape index (κ3) is 2.89. The minimum Gasteiger partial charge on any atom is -0.367 e. The molecule has 7 heteroatoms. The lowest BCUT2D eigenvalue weighted by atomic mass is 9.99. The summed E-state index contributed by atoms with van der Waals surface area (Å²) in [6.45, 7) is 0. The fourth-order valence-electron chi connectivity index (χ4n) is 2.74. The molecule has 0 radical (unpaired) electrons. The van der Waals surface area contributed by atoms with Crippen molar-refractivity contribution in [2.75, 3.05) is 0 Å². The minimum atomic E-state index is -1.20. The summed E-state index contributed by atoms with van der Waals surface area (Å²) < 4.78 is 6.76. The first-order chi connectivity index (χ1) is 12.0. The number of nitrogens with two attached hydrogens (primary N) is 1. The average molecular weight is 436 g/mol. The Morgan fingerprint density at radius 2 is 1.88 bits per heavy atom. The molecule has 25 heavy (non-hydrogen) atoms. The molecule has 2 heterocycles. The molecule has 126 valence electrons. The number of primary amides is 1. The van der Waals surface area contributed by atoms with Gasteiger partial charge < -0.3 is 10.5 Å². The van der Waals surface area contributed by atoms with Gasteiger partial charge in [-0.15, -0.1) is 11.3 Å². The number of hydrogen-bond acceptors (Lipinski definition) is 4. The SMILES string of the molecule is NC(=O)[C@]1(c2nc(-c3ccc(Br)cc3)cs2)O[C@@H]1c1ccc(Cl)cc1. The number of benzene rings is 2. The summed E-state index contributed by atoms with van der Waals surface area (Å²) in [7, 11) is 0. The summed E-state index contributed by atoms with van der Waals surface area (Å²) in [6, 6.07) is 15.0. The largest absolute Gasteiger partial charge is 0.367 e. The molecule has 1 aromatic heterocycles. The van der Waals surface area contributed by atoms with Gasteiger partial charge in [0.05, 0.1) is 5.69 Å². The molecule has 2 N–H and O–H groups in total. The third-order valence-corrected chi connectivity index (χ3v) is 5.86. The number of halogens is 2. The van der Waals surface area contributed by atoms with Crippen LogP contribution in [0.2, 0.25) is 5.02 Å². The van der Waals surface area contributed by atoms with Crippen molar-refractivity contribution >= 4 is 44.8 Å². The van der Waals surface area contributed by atoms with Gasteiger partial charge in [-0.2, -0.15) is 0 Å². The van der Waals surface area contributed by atoms with E-state index in [1.165, 1.54) is 11.3 Å². The molecule has 1 amide bonds. The van der Waals surface area contributed by atoms with Crippen LogP contribution in [0.1, 0.15) is 16.7 Å². The van der Waals surface area contributed by atoms with Crippen LogP contribution >= 0.6 is 38.9 Å². The van der Waals surface area contributed by atoms with E-state index in [1.807, 2.05) is 41.8 Å². The van der Waals surface area contributed by atoms with Gasteiger partial charge in [0.15, 0.2) is 0 Å². The number of hydrogen-bond donors (Lipinski definition) is 1. The molecule has 1 saturated heterocycles. The van der Waals surface area contributed by atoms with Crippen LogP contribution in [0.5, 0.6) is 0 Å². The number of epoxide rings is 1. The summed E-state index contributed by atoms with van der Waals surface area (Å²) >= 11 is 10.7. The molecule has 3 aromatic rings. The second-order valence-corrected chi connectivity index (χ2v) is 7.90. The topological polar surface area (TPSA) is 68.5 Å². The van der Waals surface area contributed by atoms with Gasteiger partial charge in [-0.25, -0.2) is 4.98 Å². The van der Waals surface area contributed by atoms with Crippen molar-refractivity contribution in [3.8, 4) is 11.3 Å². The van der Waals surface area contributed by atoms with E-state index in [9.17, 15) is 4.79 Å². The van der Waals surface area contributed by atoms with E-state index in [0.29, 0.717) is 10.0 Å². The van der Waals surface area contributed by atoms with Crippen molar-refractivity contribution in [2.24, 2.45) is 5.73 Å². The first kappa shape index (κ1) is 16.7. The monoisotopic (exact) mass is 434 g/mol. The highest BCUT2D eigenvalue weighted by molar-refractivity contribution is 9.10. The number of nitrogens with zero attached hydrogens (tertiary/aromatic N) is 1. The fraction of sp³-hybridized carbons (Fsp3) is 0.111.